The van der Waals surface area contributed by atoms with E-state index in [4.69, 9.17) is 9.47 Å². The van der Waals surface area contributed by atoms with Crippen LogP contribution in [0.5, 0.6) is 11.5 Å². The molecule has 0 radical (unpaired) electrons. The van der Waals surface area contributed by atoms with Crippen molar-refractivity contribution in [2.75, 3.05) is 14.2 Å². The van der Waals surface area contributed by atoms with E-state index < -0.39 is 0 Å². The van der Waals surface area contributed by atoms with Gasteiger partial charge in [-0.1, -0.05) is 13.0 Å². The van der Waals surface area contributed by atoms with E-state index in [0.29, 0.717) is 6.42 Å². The molecule has 0 bridgehead atoms. The van der Waals surface area contributed by atoms with Crippen molar-refractivity contribution < 1.29 is 14.3 Å². The zero-order valence-electron chi connectivity index (χ0n) is 9.32. The van der Waals surface area contributed by atoms with Crippen LogP contribution in [0.2, 0.25) is 0 Å². The molecule has 0 fully saturated rings. The van der Waals surface area contributed by atoms with Gasteiger partial charge in [-0.05, 0) is 18.6 Å². The fourth-order valence-corrected chi connectivity index (χ4v) is 1.50. The quantitative estimate of drug-likeness (QED) is 0.695. The molecule has 0 aliphatic carbocycles. The van der Waals surface area contributed by atoms with Crippen molar-refractivity contribution in [1.82, 2.24) is 0 Å². The number of aldehydes is 1. The highest BCUT2D eigenvalue weighted by atomic mass is 16.5. The van der Waals surface area contributed by atoms with Crippen molar-refractivity contribution in [3.63, 3.8) is 0 Å². The molecule has 1 rings (SSSR count). The predicted octanol–water partition coefficient (Wildman–Crippen LogP) is 2.08. The summed E-state index contributed by atoms with van der Waals surface area (Å²) in [4.78, 5) is 10.6. The van der Waals surface area contributed by atoms with Crippen molar-refractivity contribution in [3.05, 3.63) is 23.8 Å². The summed E-state index contributed by atoms with van der Waals surface area (Å²) >= 11 is 0. The lowest BCUT2D eigenvalue weighted by molar-refractivity contribution is -0.110. The van der Waals surface area contributed by atoms with E-state index in [-0.39, 0.29) is 5.92 Å². The average Bonchev–Trinajstić information content (AvgIpc) is 2.29. The van der Waals surface area contributed by atoms with Crippen LogP contribution in [0.3, 0.4) is 0 Å². The molecular formula is C12H16O3. The number of methoxy groups -OCH3 is 2. The van der Waals surface area contributed by atoms with Crippen molar-refractivity contribution >= 4 is 6.29 Å². The lowest BCUT2D eigenvalue weighted by Gasteiger charge is -2.13. The first kappa shape index (κ1) is 11.6. The Kier molecular flexibility index (Phi) is 4.16. The van der Waals surface area contributed by atoms with Gasteiger partial charge in [0.2, 0.25) is 0 Å². The third-order valence-electron chi connectivity index (χ3n) is 2.29. The smallest absolute Gasteiger partial charge is 0.125 e. The highest BCUT2D eigenvalue weighted by molar-refractivity contribution is 5.56. The maximum absolute atomic E-state index is 10.6. The van der Waals surface area contributed by atoms with Crippen LogP contribution in [0.25, 0.3) is 0 Å². The van der Waals surface area contributed by atoms with Crippen molar-refractivity contribution in [2.24, 2.45) is 5.92 Å². The molecule has 0 N–H and O–H groups in total. The number of hydrogen-bond acceptors (Lipinski definition) is 3. The topological polar surface area (TPSA) is 35.5 Å². The fraction of sp³-hybridized carbons (Fsp3) is 0.417. The molecule has 1 unspecified atom stereocenters. The first-order valence-electron chi connectivity index (χ1n) is 4.88. The standard InChI is InChI=1S/C12H16O3/c1-9(8-13)7-10-11(14-2)5-4-6-12(10)15-3/h4-6,8-9H,7H2,1-3H3. The Bertz CT molecular complexity index is 311. The van der Waals surface area contributed by atoms with E-state index in [1.165, 1.54) is 0 Å². The van der Waals surface area contributed by atoms with Gasteiger partial charge in [0.15, 0.2) is 0 Å². The summed E-state index contributed by atoms with van der Waals surface area (Å²) in [5.74, 6) is 1.50. The van der Waals surface area contributed by atoms with Gasteiger partial charge in [-0.2, -0.15) is 0 Å². The summed E-state index contributed by atoms with van der Waals surface area (Å²) in [6.07, 6.45) is 1.57. The predicted molar refractivity (Wildman–Crippen MR) is 58.5 cm³/mol. The molecule has 0 saturated carbocycles. The molecule has 1 aromatic carbocycles. The zero-order valence-corrected chi connectivity index (χ0v) is 9.32. The lowest BCUT2D eigenvalue weighted by Crippen LogP contribution is -2.04. The minimum atomic E-state index is -0.0322. The van der Waals surface area contributed by atoms with E-state index in [9.17, 15) is 4.79 Å². The molecule has 3 heteroatoms. The lowest BCUT2D eigenvalue weighted by atomic mass is 10.0. The van der Waals surface area contributed by atoms with Crippen molar-refractivity contribution in [2.45, 2.75) is 13.3 Å². The summed E-state index contributed by atoms with van der Waals surface area (Å²) in [6.45, 7) is 1.87. The summed E-state index contributed by atoms with van der Waals surface area (Å²) in [5.41, 5.74) is 0.946. The molecule has 0 aliphatic rings. The van der Waals surface area contributed by atoms with E-state index in [0.717, 1.165) is 23.3 Å². The van der Waals surface area contributed by atoms with Gasteiger partial charge < -0.3 is 14.3 Å². The zero-order chi connectivity index (χ0) is 11.3. The molecule has 0 aromatic heterocycles. The van der Waals surface area contributed by atoms with Gasteiger partial charge in [-0.3, -0.25) is 0 Å². The molecule has 0 spiro atoms. The summed E-state index contributed by atoms with van der Waals surface area (Å²) in [7, 11) is 3.23. The Balaban J connectivity index is 3.04. The summed E-state index contributed by atoms with van der Waals surface area (Å²) in [6, 6.07) is 5.61. The normalized spacial score (nSPS) is 11.9. The van der Waals surface area contributed by atoms with Crippen molar-refractivity contribution in [3.8, 4) is 11.5 Å². The Hall–Kier alpha value is -1.51. The Morgan fingerprint density at radius 3 is 2.20 bits per heavy atom. The Labute approximate surface area is 90.0 Å². The van der Waals surface area contributed by atoms with E-state index >= 15 is 0 Å². The van der Waals surface area contributed by atoms with Gasteiger partial charge in [0.1, 0.15) is 17.8 Å². The molecule has 3 nitrogen and oxygen atoms in total. The van der Waals surface area contributed by atoms with Crippen molar-refractivity contribution in [1.29, 1.82) is 0 Å². The van der Waals surface area contributed by atoms with Gasteiger partial charge in [0, 0.05) is 11.5 Å². The first-order valence-corrected chi connectivity index (χ1v) is 4.88. The van der Waals surface area contributed by atoms with Gasteiger partial charge in [0.25, 0.3) is 0 Å². The highest BCUT2D eigenvalue weighted by Crippen LogP contribution is 2.30. The van der Waals surface area contributed by atoms with Crippen LogP contribution in [0, 0.1) is 5.92 Å². The van der Waals surface area contributed by atoms with Crippen LogP contribution in [0.15, 0.2) is 18.2 Å². The number of benzene rings is 1. The van der Waals surface area contributed by atoms with Crippen LogP contribution in [-0.2, 0) is 11.2 Å². The molecule has 15 heavy (non-hydrogen) atoms. The van der Waals surface area contributed by atoms with Crippen LogP contribution in [-0.4, -0.2) is 20.5 Å². The van der Waals surface area contributed by atoms with E-state index in [1.807, 2.05) is 25.1 Å². The third-order valence-corrected chi connectivity index (χ3v) is 2.29. The molecule has 0 aliphatic heterocycles. The summed E-state index contributed by atoms with van der Waals surface area (Å²) < 4.78 is 10.5. The number of carbonyl (C=O) groups excluding carboxylic acids is 1. The Morgan fingerprint density at radius 2 is 1.80 bits per heavy atom. The molecule has 0 amide bonds. The molecule has 0 saturated heterocycles. The minimum Gasteiger partial charge on any atom is -0.496 e. The second-order valence-corrected chi connectivity index (χ2v) is 3.46. The monoisotopic (exact) mass is 208 g/mol. The maximum atomic E-state index is 10.6. The van der Waals surface area contributed by atoms with Crippen LogP contribution < -0.4 is 9.47 Å². The van der Waals surface area contributed by atoms with Gasteiger partial charge in [-0.15, -0.1) is 0 Å². The number of rotatable bonds is 5. The van der Waals surface area contributed by atoms with Crippen LogP contribution >= 0.6 is 0 Å². The molecule has 1 aromatic rings. The van der Waals surface area contributed by atoms with Crippen LogP contribution in [0.4, 0.5) is 0 Å². The number of carbonyl (C=O) groups is 1. The first-order chi connectivity index (χ1) is 7.22. The van der Waals surface area contributed by atoms with E-state index in [1.54, 1.807) is 14.2 Å². The highest BCUT2D eigenvalue weighted by Gasteiger charge is 2.12. The summed E-state index contributed by atoms with van der Waals surface area (Å²) in [5, 5.41) is 0. The Morgan fingerprint density at radius 1 is 1.27 bits per heavy atom. The maximum Gasteiger partial charge on any atom is 0.125 e. The average molecular weight is 208 g/mol. The van der Waals surface area contributed by atoms with E-state index in [2.05, 4.69) is 0 Å². The number of hydrogen-bond donors (Lipinski definition) is 0. The third kappa shape index (κ3) is 2.72. The molecular weight excluding hydrogens is 192 g/mol. The fourth-order valence-electron chi connectivity index (χ4n) is 1.50. The van der Waals surface area contributed by atoms with Gasteiger partial charge >= 0.3 is 0 Å². The van der Waals surface area contributed by atoms with Gasteiger partial charge in [-0.25, -0.2) is 0 Å². The minimum absolute atomic E-state index is 0.0322. The molecule has 1 atom stereocenters. The number of ether oxygens (including phenoxy) is 2. The van der Waals surface area contributed by atoms with Gasteiger partial charge in [0.05, 0.1) is 14.2 Å². The largest absolute Gasteiger partial charge is 0.496 e. The van der Waals surface area contributed by atoms with Crippen LogP contribution in [0.1, 0.15) is 12.5 Å². The molecule has 82 valence electrons. The molecule has 0 heterocycles. The second-order valence-electron chi connectivity index (χ2n) is 3.46. The SMILES string of the molecule is COc1cccc(OC)c1CC(C)C=O. The second kappa shape index (κ2) is 5.39.